The second kappa shape index (κ2) is 3.01. The monoisotopic (exact) mass is 248 g/mol. The molecule has 2 saturated carbocycles. The quantitative estimate of drug-likeness (QED) is 0.666. The second-order valence-electron chi connectivity index (χ2n) is 7.17. The van der Waals surface area contributed by atoms with Crippen LogP contribution in [0.3, 0.4) is 0 Å². The van der Waals surface area contributed by atoms with Gasteiger partial charge in [-0.15, -0.1) is 0 Å². The lowest BCUT2D eigenvalue weighted by Gasteiger charge is -2.43. The molecule has 0 aromatic rings. The van der Waals surface area contributed by atoms with Gasteiger partial charge in [0.15, 0.2) is 0 Å². The number of fused-ring (bicyclic) bond motifs is 1. The van der Waals surface area contributed by atoms with E-state index in [9.17, 15) is 9.90 Å². The van der Waals surface area contributed by atoms with Gasteiger partial charge >= 0.3 is 5.97 Å². The molecule has 3 fully saturated rings. The number of rotatable bonds is 0. The molecular weight excluding hydrogens is 228 g/mol. The van der Waals surface area contributed by atoms with E-state index < -0.39 is 6.10 Å². The van der Waals surface area contributed by atoms with Crippen LogP contribution in [0, 0.1) is 28.6 Å². The minimum absolute atomic E-state index is 0.0305. The molecule has 0 amide bonds. The van der Waals surface area contributed by atoms with Gasteiger partial charge in [0.1, 0.15) is 0 Å². The molecule has 5 unspecified atom stereocenters. The summed E-state index contributed by atoms with van der Waals surface area (Å²) in [5.74, 6) is 1.16. The standard InChI is InChI=1S/C15H20O3/c1-14(2)10-6-15-8(3-4-12(14)15)7-18-13(17)9(15)5-11(10)16/h5,8,10-12,16H,3-4,6-7H2,1-2H3. The zero-order valence-corrected chi connectivity index (χ0v) is 11.0. The summed E-state index contributed by atoms with van der Waals surface area (Å²) >= 11 is 0. The molecule has 3 aliphatic carbocycles. The van der Waals surface area contributed by atoms with E-state index >= 15 is 0 Å². The summed E-state index contributed by atoms with van der Waals surface area (Å²) in [7, 11) is 0. The lowest BCUT2D eigenvalue weighted by atomic mass is 9.64. The Balaban J connectivity index is 1.95. The van der Waals surface area contributed by atoms with Crippen LogP contribution in [0.5, 0.6) is 0 Å². The molecule has 0 aromatic carbocycles. The van der Waals surface area contributed by atoms with Crippen molar-refractivity contribution < 1.29 is 14.6 Å². The van der Waals surface area contributed by atoms with Crippen molar-refractivity contribution >= 4 is 5.97 Å². The summed E-state index contributed by atoms with van der Waals surface area (Å²) < 4.78 is 5.32. The number of hydrogen-bond donors (Lipinski definition) is 1. The van der Waals surface area contributed by atoms with Crippen LogP contribution >= 0.6 is 0 Å². The van der Waals surface area contributed by atoms with E-state index in [4.69, 9.17) is 4.74 Å². The Labute approximate surface area is 107 Å². The lowest BCUT2D eigenvalue weighted by molar-refractivity contribution is -0.149. The number of carbonyl (C=O) groups is 1. The molecule has 4 rings (SSSR count). The van der Waals surface area contributed by atoms with Crippen LogP contribution in [0.1, 0.15) is 33.1 Å². The van der Waals surface area contributed by atoms with Crippen molar-refractivity contribution in [1.29, 1.82) is 0 Å². The summed E-state index contributed by atoms with van der Waals surface area (Å²) in [6, 6.07) is 0. The van der Waals surface area contributed by atoms with Gasteiger partial charge in [-0.1, -0.05) is 13.8 Å². The number of carbonyl (C=O) groups excluding carboxylic acids is 1. The molecule has 18 heavy (non-hydrogen) atoms. The predicted octanol–water partition coefficient (Wildman–Crippen LogP) is 1.90. The van der Waals surface area contributed by atoms with Crippen LogP contribution < -0.4 is 0 Å². The van der Waals surface area contributed by atoms with Gasteiger partial charge in [0, 0.05) is 16.9 Å². The fraction of sp³-hybridized carbons (Fsp3) is 0.800. The third-order valence-corrected chi connectivity index (χ3v) is 6.45. The van der Waals surface area contributed by atoms with Crippen molar-refractivity contribution in [2.45, 2.75) is 39.2 Å². The molecule has 1 spiro atoms. The van der Waals surface area contributed by atoms with E-state index in [0.29, 0.717) is 24.4 Å². The lowest BCUT2D eigenvalue weighted by Crippen LogP contribution is -2.44. The Morgan fingerprint density at radius 1 is 1.39 bits per heavy atom. The van der Waals surface area contributed by atoms with Crippen LogP contribution in [-0.4, -0.2) is 23.8 Å². The summed E-state index contributed by atoms with van der Waals surface area (Å²) in [4.78, 5) is 12.1. The molecule has 1 saturated heterocycles. The Bertz CT molecular complexity index is 464. The highest BCUT2D eigenvalue weighted by atomic mass is 16.5. The predicted molar refractivity (Wildman–Crippen MR) is 65.6 cm³/mol. The highest BCUT2D eigenvalue weighted by Gasteiger charge is 2.69. The molecule has 2 bridgehead atoms. The molecule has 98 valence electrons. The maximum atomic E-state index is 12.1. The van der Waals surface area contributed by atoms with Crippen LogP contribution in [0.25, 0.3) is 0 Å². The van der Waals surface area contributed by atoms with Gasteiger partial charge in [0.25, 0.3) is 0 Å². The minimum atomic E-state index is -0.475. The van der Waals surface area contributed by atoms with E-state index in [1.165, 1.54) is 12.8 Å². The Morgan fingerprint density at radius 2 is 2.17 bits per heavy atom. The molecule has 1 heterocycles. The first-order chi connectivity index (χ1) is 8.48. The van der Waals surface area contributed by atoms with E-state index in [1.54, 1.807) is 0 Å². The highest BCUT2D eigenvalue weighted by Crippen LogP contribution is 2.72. The van der Waals surface area contributed by atoms with Crippen LogP contribution in [0.2, 0.25) is 0 Å². The van der Waals surface area contributed by atoms with E-state index in [-0.39, 0.29) is 16.8 Å². The molecule has 3 nitrogen and oxygen atoms in total. The fourth-order valence-corrected chi connectivity index (χ4v) is 5.66. The van der Waals surface area contributed by atoms with Crippen molar-refractivity contribution in [2.75, 3.05) is 6.61 Å². The van der Waals surface area contributed by atoms with Gasteiger partial charge < -0.3 is 9.84 Å². The second-order valence-corrected chi connectivity index (χ2v) is 7.17. The van der Waals surface area contributed by atoms with Crippen molar-refractivity contribution in [1.82, 2.24) is 0 Å². The number of cyclic esters (lactones) is 1. The topological polar surface area (TPSA) is 46.5 Å². The van der Waals surface area contributed by atoms with Gasteiger partial charge in [-0.2, -0.15) is 0 Å². The molecule has 0 radical (unpaired) electrons. The van der Waals surface area contributed by atoms with Crippen molar-refractivity contribution in [3.8, 4) is 0 Å². The van der Waals surface area contributed by atoms with Gasteiger partial charge in [-0.05, 0) is 42.6 Å². The number of esters is 1. The molecular formula is C15H20O3. The van der Waals surface area contributed by atoms with Crippen molar-refractivity contribution in [3.05, 3.63) is 11.6 Å². The fourth-order valence-electron chi connectivity index (χ4n) is 5.66. The summed E-state index contributed by atoms with van der Waals surface area (Å²) in [6.45, 7) is 5.14. The summed E-state index contributed by atoms with van der Waals surface area (Å²) in [5.41, 5.74) is 0.961. The van der Waals surface area contributed by atoms with Crippen molar-refractivity contribution in [3.63, 3.8) is 0 Å². The maximum absolute atomic E-state index is 12.1. The normalized spacial score (nSPS) is 51.7. The van der Waals surface area contributed by atoms with Crippen LogP contribution in [0.15, 0.2) is 11.6 Å². The Hall–Kier alpha value is -0.830. The first-order valence-corrected chi connectivity index (χ1v) is 7.05. The van der Waals surface area contributed by atoms with Gasteiger partial charge in [-0.25, -0.2) is 4.79 Å². The molecule has 5 atom stereocenters. The average molecular weight is 248 g/mol. The highest BCUT2D eigenvalue weighted by molar-refractivity contribution is 5.92. The average Bonchev–Trinajstić information content (AvgIpc) is 2.76. The molecule has 0 aromatic heterocycles. The summed E-state index contributed by atoms with van der Waals surface area (Å²) in [5, 5.41) is 10.3. The largest absolute Gasteiger partial charge is 0.462 e. The van der Waals surface area contributed by atoms with Gasteiger partial charge in [0.05, 0.1) is 12.7 Å². The molecule has 1 aliphatic heterocycles. The maximum Gasteiger partial charge on any atom is 0.334 e. The SMILES string of the molecule is CC1(C)C2CC34C(=CC2O)C(=O)OCC3CCC14. The Morgan fingerprint density at radius 3 is 2.94 bits per heavy atom. The van der Waals surface area contributed by atoms with Crippen LogP contribution in [-0.2, 0) is 9.53 Å². The number of aliphatic hydroxyl groups excluding tert-OH is 1. The van der Waals surface area contributed by atoms with Crippen LogP contribution in [0.4, 0.5) is 0 Å². The zero-order chi connectivity index (χ0) is 12.7. The molecule has 4 aliphatic rings. The van der Waals surface area contributed by atoms with Gasteiger partial charge in [0.2, 0.25) is 0 Å². The number of ether oxygens (including phenoxy) is 1. The smallest absolute Gasteiger partial charge is 0.334 e. The van der Waals surface area contributed by atoms with E-state index in [1.807, 2.05) is 6.08 Å². The number of hydrogen-bond acceptors (Lipinski definition) is 3. The third-order valence-electron chi connectivity index (χ3n) is 6.45. The first-order valence-electron chi connectivity index (χ1n) is 7.05. The first kappa shape index (κ1) is 11.0. The third kappa shape index (κ3) is 0.965. The zero-order valence-electron chi connectivity index (χ0n) is 11.0. The summed E-state index contributed by atoms with van der Waals surface area (Å²) in [6.07, 6.45) is 4.67. The van der Waals surface area contributed by atoms with E-state index in [0.717, 1.165) is 12.0 Å². The van der Waals surface area contributed by atoms with Gasteiger partial charge in [-0.3, -0.25) is 0 Å². The molecule has 1 N–H and O–H groups in total. The Kier molecular flexibility index (Phi) is 1.84. The molecule has 3 heteroatoms. The number of aliphatic hydroxyl groups is 1. The minimum Gasteiger partial charge on any atom is -0.462 e. The van der Waals surface area contributed by atoms with Crippen molar-refractivity contribution in [2.24, 2.45) is 28.6 Å². The van der Waals surface area contributed by atoms with E-state index in [2.05, 4.69) is 13.8 Å².